The van der Waals surface area contributed by atoms with Crippen molar-refractivity contribution in [3.63, 3.8) is 0 Å². The fourth-order valence-corrected chi connectivity index (χ4v) is 2.74. The summed E-state index contributed by atoms with van der Waals surface area (Å²) in [6, 6.07) is 3.16. The Hall–Kier alpha value is -0.480. The Labute approximate surface area is 111 Å². The van der Waals surface area contributed by atoms with Gasteiger partial charge in [0.15, 0.2) is 0 Å². The quantitative estimate of drug-likeness (QED) is 0.831. The van der Waals surface area contributed by atoms with E-state index in [2.05, 4.69) is 0 Å². The average molecular weight is 276 g/mol. The third-order valence-corrected chi connectivity index (χ3v) is 3.69. The lowest BCUT2D eigenvalue weighted by Crippen LogP contribution is -3.12. The summed E-state index contributed by atoms with van der Waals surface area (Å²) in [5.74, 6) is -0.130. The normalized spacial score (nSPS) is 24.9. The highest BCUT2D eigenvalue weighted by molar-refractivity contribution is 6.35. The molecule has 94 valence electrons. The lowest BCUT2D eigenvalue weighted by Gasteiger charge is -2.28. The van der Waals surface area contributed by atoms with Gasteiger partial charge in [-0.05, 0) is 12.1 Å². The van der Waals surface area contributed by atoms with Crippen LogP contribution in [0.25, 0.3) is 0 Å². The first-order valence-corrected chi connectivity index (χ1v) is 6.48. The van der Waals surface area contributed by atoms with Crippen LogP contribution in [0.3, 0.4) is 0 Å². The molecule has 17 heavy (non-hydrogen) atoms. The zero-order valence-electron chi connectivity index (χ0n) is 9.38. The van der Waals surface area contributed by atoms with Crippen molar-refractivity contribution in [2.24, 2.45) is 0 Å². The van der Waals surface area contributed by atoms with Crippen LogP contribution in [-0.2, 0) is 6.54 Å². The van der Waals surface area contributed by atoms with Crippen molar-refractivity contribution in [1.29, 1.82) is 0 Å². The van der Waals surface area contributed by atoms with Crippen LogP contribution in [0.1, 0.15) is 18.4 Å². The molecule has 0 atom stereocenters. The molecule has 0 aromatic heterocycles. The van der Waals surface area contributed by atoms with Crippen molar-refractivity contribution in [2.75, 3.05) is 13.1 Å². The van der Waals surface area contributed by atoms with Gasteiger partial charge in [-0.15, -0.1) is 0 Å². The molecule has 0 unspecified atom stereocenters. The number of aliphatic hydroxyl groups excluding tert-OH is 1. The molecule has 2 rings (SSSR count). The van der Waals surface area contributed by atoms with Crippen LogP contribution in [0, 0.1) is 0 Å². The van der Waals surface area contributed by atoms with Gasteiger partial charge in [0.25, 0.3) is 0 Å². The minimum atomic E-state index is -0.187. The number of rotatable bonds is 2. The van der Waals surface area contributed by atoms with Gasteiger partial charge >= 0.3 is 0 Å². The van der Waals surface area contributed by atoms with Crippen molar-refractivity contribution < 1.29 is 15.1 Å². The predicted octanol–water partition coefficient (Wildman–Crippen LogP) is 0.607. The number of likely N-dealkylation sites (tertiary alicyclic amines) is 1. The number of halogens is 2. The third-order valence-electron chi connectivity index (χ3n) is 3.19. The third kappa shape index (κ3) is 3.26. The Morgan fingerprint density at radius 2 is 1.94 bits per heavy atom. The molecule has 2 N–H and O–H groups in total. The summed E-state index contributed by atoms with van der Waals surface area (Å²) in [7, 11) is 0. The van der Waals surface area contributed by atoms with Crippen molar-refractivity contribution >= 4 is 23.2 Å². The fraction of sp³-hybridized carbons (Fsp3) is 0.500. The van der Waals surface area contributed by atoms with Crippen molar-refractivity contribution in [3.05, 3.63) is 27.7 Å². The Balaban J connectivity index is 2.08. The van der Waals surface area contributed by atoms with E-state index >= 15 is 0 Å². The number of hydrogen-bond acceptors (Lipinski definition) is 2. The van der Waals surface area contributed by atoms with Gasteiger partial charge in [0.05, 0.1) is 19.2 Å². The summed E-state index contributed by atoms with van der Waals surface area (Å²) in [5, 5.41) is 21.9. The molecule has 1 fully saturated rings. The van der Waals surface area contributed by atoms with Crippen molar-refractivity contribution in [3.8, 4) is 5.75 Å². The SMILES string of the molecule is [O-]c1c(Cl)cc(Cl)cc1C[NH+]1CCC(O)CC1. The largest absolute Gasteiger partial charge is 0.871 e. The minimum absolute atomic E-state index is 0.130. The Kier molecular flexibility index (Phi) is 4.15. The summed E-state index contributed by atoms with van der Waals surface area (Å²) in [5.41, 5.74) is 0.661. The molecule has 1 saturated heterocycles. The number of aliphatic hydroxyl groups is 1. The molecular weight excluding hydrogens is 261 g/mol. The smallest absolute Gasteiger partial charge is 0.102 e. The van der Waals surface area contributed by atoms with Gasteiger partial charge in [-0.25, -0.2) is 0 Å². The molecule has 1 aromatic rings. The topological polar surface area (TPSA) is 47.7 Å². The monoisotopic (exact) mass is 275 g/mol. The van der Waals surface area contributed by atoms with E-state index in [0.29, 0.717) is 17.1 Å². The summed E-state index contributed by atoms with van der Waals surface area (Å²) < 4.78 is 0. The second-order valence-corrected chi connectivity index (χ2v) is 5.38. The second-order valence-electron chi connectivity index (χ2n) is 4.53. The predicted molar refractivity (Wildman–Crippen MR) is 65.5 cm³/mol. The lowest BCUT2D eigenvalue weighted by atomic mass is 10.1. The molecular formula is C12H15Cl2NO2. The molecule has 5 heteroatoms. The maximum absolute atomic E-state index is 11.8. The van der Waals surface area contributed by atoms with Gasteiger partial charge in [-0.2, -0.15) is 0 Å². The van der Waals surface area contributed by atoms with Crippen molar-refractivity contribution in [2.45, 2.75) is 25.5 Å². The molecule has 3 nitrogen and oxygen atoms in total. The minimum Gasteiger partial charge on any atom is -0.871 e. The highest BCUT2D eigenvalue weighted by Crippen LogP contribution is 2.28. The van der Waals surface area contributed by atoms with Crippen LogP contribution in [0.5, 0.6) is 5.75 Å². The molecule has 1 aromatic carbocycles. The molecule has 0 radical (unpaired) electrons. The van der Waals surface area contributed by atoms with E-state index < -0.39 is 0 Å². The Morgan fingerprint density at radius 3 is 2.59 bits per heavy atom. The summed E-state index contributed by atoms with van der Waals surface area (Å²) in [6.45, 7) is 2.39. The fourth-order valence-electron chi connectivity index (χ4n) is 2.20. The average Bonchev–Trinajstić information content (AvgIpc) is 2.28. The second kappa shape index (κ2) is 5.44. The van der Waals surface area contributed by atoms with Crippen LogP contribution < -0.4 is 10.0 Å². The molecule has 1 aliphatic rings. The first-order chi connectivity index (χ1) is 8.06. The molecule has 1 aliphatic heterocycles. The standard InChI is InChI=1S/C12H15Cl2NO2/c13-9-5-8(12(17)11(14)6-9)7-15-3-1-10(16)2-4-15/h5-6,10,16-17H,1-4,7H2. The van der Waals surface area contributed by atoms with E-state index in [1.165, 1.54) is 11.0 Å². The number of piperidine rings is 1. The summed E-state index contributed by atoms with van der Waals surface area (Å²) in [6.07, 6.45) is 1.39. The van der Waals surface area contributed by atoms with E-state index in [0.717, 1.165) is 25.9 Å². The van der Waals surface area contributed by atoms with Crippen molar-refractivity contribution in [1.82, 2.24) is 0 Å². The van der Waals surface area contributed by atoms with Crippen LogP contribution >= 0.6 is 23.2 Å². The Bertz CT molecular complexity index is 404. The van der Waals surface area contributed by atoms with Crippen LogP contribution in [-0.4, -0.2) is 24.3 Å². The number of quaternary nitrogens is 1. The van der Waals surface area contributed by atoms with E-state index in [1.54, 1.807) is 6.07 Å². The molecule has 0 amide bonds. The van der Waals surface area contributed by atoms with Gasteiger partial charge < -0.3 is 15.1 Å². The van der Waals surface area contributed by atoms with Gasteiger partial charge in [0.1, 0.15) is 6.54 Å². The van der Waals surface area contributed by atoms with E-state index in [1.807, 2.05) is 0 Å². The summed E-state index contributed by atoms with van der Waals surface area (Å²) in [4.78, 5) is 1.30. The molecule has 0 bridgehead atoms. The van der Waals surface area contributed by atoms with Crippen LogP contribution in [0.15, 0.2) is 12.1 Å². The number of benzene rings is 1. The molecule has 0 spiro atoms. The number of nitrogens with one attached hydrogen (secondary N) is 1. The first kappa shape index (κ1) is 13.0. The maximum Gasteiger partial charge on any atom is 0.102 e. The van der Waals surface area contributed by atoms with E-state index in [9.17, 15) is 10.2 Å². The number of hydrogen-bond donors (Lipinski definition) is 2. The highest BCUT2D eigenvalue weighted by Gasteiger charge is 2.20. The first-order valence-electron chi connectivity index (χ1n) is 5.73. The van der Waals surface area contributed by atoms with Gasteiger partial charge in [-0.1, -0.05) is 29.0 Å². The summed E-state index contributed by atoms with van der Waals surface area (Å²) >= 11 is 11.7. The van der Waals surface area contributed by atoms with E-state index in [4.69, 9.17) is 23.2 Å². The van der Waals surface area contributed by atoms with Gasteiger partial charge in [0.2, 0.25) is 0 Å². The van der Waals surface area contributed by atoms with E-state index in [-0.39, 0.29) is 16.9 Å². The van der Waals surface area contributed by atoms with Gasteiger partial charge in [0, 0.05) is 28.5 Å². The zero-order valence-corrected chi connectivity index (χ0v) is 10.9. The highest BCUT2D eigenvalue weighted by atomic mass is 35.5. The zero-order chi connectivity index (χ0) is 12.4. The molecule has 0 saturated carbocycles. The Morgan fingerprint density at radius 1 is 1.29 bits per heavy atom. The molecule has 1 heterocycles. The molecule has 0 aliphatic carbocycles. The van der Waals surface area contributed by atoms with Crippen LogP contribution in [0.2, 0.25) is 10.0 Å². The maximum atomic E-state index is 11.8. The lowest BCUT2D eigenvalue weighted by molar-refractivity contribution is -0.919. The van der Waals surface area contributed by atoms with Gasteiger partial charge in [-0.3, -0.25) is 0 Å². The van der Waals surface area contributed by atoms with Crippen LogP contribution in [0.4, 0.5) is 0 Å².